The van der Waals surface area contributed by atoms with Gasteiger partial charge >= 0.3 is 6.09 Å². The van der Waals surface area contributed by atoms with E-state index in [1.807, 2.05) is 0 Å². The summed E-state index contributed by atoms with van der Waals surface area (Å²) in [6.07, 6.45) is 2.48. The second kappa shape index (κ2) is 14.3. The van der Waals surface area contributed by atoms with Gasteiger partial charge in [0.25, 0.3) is 0 Å². The predicted molar refractivity (Wildman–Crippen MR) is 169 cm³/mol. The molecule has 2 aliphatic heterocycles. The quantitative estimate of drug-likeness (QED) is 0.176. The molecule has 1 aliphatic carbocycles. The Labute approximate surface area is 269 Å². The highest BCUT2D eigenvalue weighted by Crippen LogP contribution is 2.59. The van der Waals surface area contributed by atoms with Crippen LogP contribution in [-0.4, -0.2) is 85.9 Å². The summed E-state index contributed by atoms with van der Waals surface area (Å²) in [6, 6.07) is 6.90. The zero-order valence-corrected chi connectivity index (χ0v) is 28.0. The minimum Gasteiger partial charge on any atom is -0.443 e. The third-order valence-corrected chi connectivity index (χ3v) is 9.56. The highest BCUT2D eigenvalue weighted by Gasteiger charge is 2.72. The van der Waals surface area contributed by atoms with Crippen molar-refractivity contribution in [3.05, 3.63) is 35.9 Å². The van der Waals surface area contributed by atoms with Crippen LogP contribution in [0.5, 0.6) is 0 Å². The lowest BCUT2D eigenvalue weighted by Crippen LogP contribution is -2.56. The molecule has 248 valence electrons. The van der Waals surface area contributed by atoms with Crippen LogP contribution < -0.4 is 10.6 Å². The van der Waals surface area contributed by atoms with Gasteiger partial charge in [-0.15, -0.1) is 11.8 Å². The van der Waals surface area contributed by atoms with E-state index < -0.39 is 35.2 Å². The van der Waals surface area contributed by atoms with Gasteiger partial charge in [0.1, 0.15) is 36.6 Å². The normalized spacial score (nSPS) is 28.6. The van der Waals surface area contributed by atoms with Crippen LogP contribution in [0.3, 0.4) is 0 Å². The molecular formula is C33H46N2O9S. The van der Waals surface area contributed by atoms with Crippen LogP contribution in [0.1, 0.15) is 60.8 Å². The smallest absolute Gasteiger partial charge is 0.414 e. The van der Waals surface area contributed by atoms with Gasteiger partial charge in [0.15, 0.2) is 5.78 Å². The maximum Gasteiger partial charge on any atom is 0.414 e. The van der Waals surface area contributed by atoms with Gasteiger partial charge in [0.2, 0.25) is 11.8 Å². The minimum atomic E-state index is -0.813. The molecule has 1 saturated carbocycles. The largest absolute Gasteiger partial charge is 0.443 e. The average molecular weight is 647 g/mol. The number of allylic oxidation sites excluding steroid dienone is 1. The summed E-state index contributed by atoms with van der Waals surface area (Å²) in [6.45, 7) is 11.8. The molecule has 2 heterocycles. The van der Waals surface area contributed by atoms with Gasteiger partial charge in [-0.05, 0) is 64.3 Å². The Morgan fingerprint density at radius 2 is 1.78 bits per heavy atom. The number of epoxide rings is 2. The van der Waals surface area contributed by atoms with Crippen LogP contribution >= 0.6 is 11.8 Å². The van der Waals surface area contributed by atoms with E-state index in [1.54, 1.807) is 52.1 Å². The fourth-order valence-electron chi connectivity index (χ4n) is 5.82. The first-order valence-corrected chi connectivity index (χ1v) is 16.3. The third-order valence-electron chi connectivity index (χ3n) is 8.55. The number of hydrogen-bond donors (Lipinski definition) is 2. The van der Waals surface area contributed by atoms with Crippen molar-refractivity contribution in [2.45, 2.75) is 95.2 Å². The molecule has 1 spiro atoms. The van der Waals surface area contributed by atoms with Gasteiger partial charge in [0.05, 0.1) is 24.4 Å². The van der Waals surface area contributed by atoms with Crippen LogP contribution in [-0.2, 0) is 38.1 Å². The fraction of sp³-hybridized carbons (Fsp3) is 0.636. The van der Waals surface area contributed by atoms with E-state index in [2.05, 4.69) is 37.5 Å². The van der Waals surface area contributed by atoms with E-state index in [-0.39, 0.29) is 48.3 Å². The summed E-state index contributed by atoms with van der Waals surface area (Å²) in [5.41, 5.74) is 0.465. The summed E-state index contributed by atoms with van der Waals surface area (Å²) in [7, 11) is 1.60. The molecule has 45 heavy (non-hydrogen) atoms. The van der Waals surface area contributed by atoms with Gasteiger partial charge in [-0.25, -0.2) is 4.79 Å². The maximum absolute atomic E-state index is 12.7. The van der Waals surface area contributed by atoms with Gasteiger partial charge in [-0.3, -0.25) is 19.7 Å². The Kier molecular flexibility index (Phi) is 11.2. The van der Waals surface area contributed by atoms with Crippen LogP contribution in [0.15, 0.2) is 40.8 Å². The number of rotatable bonds is 13. The summed E-state index contributed by atoms with van der Waals surface area (Å²) in [5, 5.41) is 5.03. The number of carbonyl (C=O) groups is 4. The Bertz CT molecular complexity index is 1280. The lowest BCUT2D eigenvalue weighted by atomic mass is 9.68. The topological polar surface area (TPSA) is 145 Å². The van der Waals surface area contributed by atoms with Gasteiger partial charge in [-0.1, -0.05) is 32.4 Å². The number of carbonyl (C=O) groups excluding carboxylic acids is 4. The highest BCUT2D eigenvalue weighted by molar-refractivity contribution is 8.00. The van der Waals surface area contributed by atoms with E-state index in [0.717, 1.165) is 11.3 Å². The summed E-state index contributed by atoms with van der Waals surface area (Å²) in [5.74, 6) is -1.07. The van der Waals surface area contributed by atoms with Crippen molar-refractivity contribution >= 4 is 41.1 Å². The monoisotopic (exact) mass is 646 g/mol. The number of nitrogens with one attached hydrogen (secondary N) is 2. The number of thioether (sulfide) groups is 1. The van der Waals surface area contributed by atoms with Crippen LogP contribution in [0, 0.1) is 11.3 Å². The number of alkyl carbamates (subject to hydrolysis) is 1. The standard InChI is InChI=1S/C33H46N2O9S/c1-20(2)8-13-25-32(6,44-25)29-28(40-7)23(14-15-33(29)19-42-33)43-30(39)35-27(38)18-45-22-11-9-21(10-12-22)34-26(37)17-41-16-24(36)31(3,4)5/h8-12,23,25,28-29H,13-19H2,1-7H3,(H,34,37)(H,35,38,39)/t23-,25-,28-,29-,32+,33+/m1/s1. The minimum absolute atomic E-state index is 0.00758. The van der Waals surface area contributed by atoms with E-state index in [4.69, 9.17) is 23.7 Å². The van der Waals surface area contributed by atoms with Crippen molar-refractivity contribution in [3.8, 4) is 0 Å². The van der Waals surface area contributed by atoms with Crippen molar-refractivity contribution in [3.63, 3.8) is 0 Å². The molecule has 12 heteroatoms. The predicted octanol–water partition coefficient (Wildman–Crippen LogP) is 4.68. The van der Waals surface area contributed by atoms with Gasteiger partial charge in [-0.2, -0.15) is 0 Å². The number of ketones is 1. The summed E-state index contributed by atoms with van der Waals surface area (Å²) < 4.78 is 29.0. The maximum atomic E-state index is 12.7. The molecule has 0 aromatic heterocycles. The van der Waals surface area contributed by atoms with Crippen molar-refractivity contribution in [2.75, 3.05) is 38.0 Å². The SMILES string of the molecule is CO[C@@H]1[C@H](OC(=O)NC(=O)CSc2ccc(NC(=O)COCC(=O)C(C)(C)C)cc2)CC[C@]2(CO2)[C@H]1[C@@]1(C)O[C@@H]1CC=C(C)C. The number of Topliss-reactive ketones (excluding diaryl/α,β-unsaturated/α-hetero) is 1. The van der Waals surface area contributed by atoms with Crippen molar-refractivity contribution in [2.24, 2.45) is 11.3 Å². The molecule has 3 aliphatic rings. The molecule has 3 amide bonds. The number of hydrogen-bond acceptors (Lipinski definition) is 10. The Hall–Kier alpha value is -2.77. The first kappa shape index (κ1) is 35.1. The Morgan fingerprint density at radius 3 is 2.38 bits per heavy atom. The molecule has 0 bridgehead atoms. The van der Waals surface area contributed by atoms with Gasteiger partial charge < -0.3 is 29.0 Å². The molecule has 0 unspecified atom stereocenters. The second-order valence-corrected chi connectivity index (χ2v) is 14.4. The van der Waals surface area contributed by atoms with E-state index >= 15 is 0 Å². The number of benzene rings is 1. The molecule has 0 radical (unpaired) electrons. The fourth-order valence-corrected chi connectivity index (χ4v) is 6.52. The number of ether oxygens (including phenoxy) is 5. The van der Waals surface area contributed by atoms with Crippen LogP contribution in [0.4, 0.5) is 10.5 Å². The third kappa shape index (κ3) is 9.16. The van der Waals surface area contributed by atoms with Crippen LogP contribution in [0.2, 0.25) is 0 Å². The van der Waals surface area contributed by atoms with E-state index in [0.29, 0.717) is 25.1 Å². The molecule has 11 nitrogen and oxygen atoms in total. The lowest BCUT2D eigenvalue weighted by Gasteiger charge is -2.42. The average Bonchev–Trinajstić information content (AvgIpc) is 3.88. The zero-order valence-electron chi connectivity index (χ0n) is 27.2. The van der Waals surface area contributed by atoms with E-state index in [9.17, 15) is 19.2 Å². The number of amides is 3. The Balaban J connectivity index is 1.21. The zero-order chi connectivity index (χ0) is 33.0. The van der Waals surface area contributed by atoms with Crippen LogP contribution in [0.25, 0.3) is 0 Å². The van der Waals surface area contributed by atoms with Gasteiger partial charge in [0, 0.05) is 23.1 Å². The number of methoxy groups -OCH3 is 1. The molecule has 1 aromatic rings. The number of anilines is 1. The molecule has 2 saturated heterocycles. The Morgan fingerprint density at radius 1 is 1.09 bits per heavy atom. The van der Waals surface area contributed by atoms with Crippen molar-refractivity contribution < 1.29 is 42.9 Å². The first-order valence-electron chi connectivity index (χ1n) is 15.3. The second-order valence-electron chi connectivity index (χ2n) is 13.4. The summed E-state index contributed by atoms with van der Waals surface area (Å²) >= 11 is 1.24. The highest BCUT2D eigenvalue weighted by atomic mass is 32.2. The molecule has 3 fully saturated rings. The number of imide groups is 1. The molecule has 2 N–H and O–H groups in total. The van der Waals surface area contributed by atoms with Crippen molar-refractivity contribution in [1.29, 1.82) is 0 Å². The molecule has 4 rings (SSSR count). The first-order chi connectivity index (χ1) is 21.2. The summed E-state index contributed by atoms with van der Waals surface area (Å²) in [4.78, 5) is 50.1. The molecule has 1 aromatic carbocycles. The molecule has 6 atom stereocenters. The lowest BCUT2D eigenvalue weighted by molar-refractivity contribution is -0.133. The van der Waals surface area contributed by atoms with Crippen molar-refractivity contribution in [1.82, 2.24) is 5.32 Å². The molecular weight excluding hydrogens is 600 g/mol. The van der Waals surface area contributed by atoms with E-state index in [1.165, 1.54) is 17.3 Å².